The zero-order chi connectivity index (χ0) is 15.1. The molecule has 0 aliphatic carbocycles. The van der Waals surface area contributed by atoms with Crippen LogP contribution in [0.25, 0.3) is 0 Å². The van der Waals surface area contributed by atoms with E-state index in [2.05, 4.69) is 5.32 Å². The maximum absolute atomic E-state index is 9.84. The molecule has 2 N–H and O–H groups in total. The number of aliphatic hydroxyl groups excluding tert-OH is 1. The van der Waals surface area contributed by atoms with Crippen molar-refractivity contribution in [3.63, 3.8) is 0 Å². The van der Waals surface area contributed by atoms with Gasteiger partial charge in [0.2, 0.25) is 0 Å². The Morgan fingerprint density at radius 1 is 1.24 bits per heavy atom. The Morgan fingerprint density at radius 2 is 2.10 bits per heavy atom. The lowest BCUT2D eigenvalue weighted by Gasteiger charge is -2.13. The monoisotopic (exact) mass is 345 g/mol. The van der Waals surface area contributed by atoms with Gasteiger partial charge in [-0.05, 0) is 36.8 Å². The van der Waals surface area contributed by atoms with E-state index in [1.165, 1.54) is 4.88 Å². The van der Waals surface area contributed by atoms with Crippen molar-refractivity contribution in [1.82, 2.24) is 5.32 Å². The maximum atomic E-state index is 9.84. The Balaban J connectivity index is 1.60. The number of hydrogen-bond donors (Lipinski definition) is 2. The molecule has 6 heteroatoms. The molecule has 0 spiro atoms. The highest BCUT2D eigenvalue weighted by Crippen LogP contribution is 2.21. The van der Waals surface area contributed by atoms with E-state index in [1.54, 1.807) is 23.5 Å². The molecule has 0 fully saturated rings. The van der Waals surface area contributed by atoms with Crippen LogP contribution in [0.5, 0.6) is 5.75 Å². The largest absolute Gasteiger partial charge is 0.491 e. The van der Waals surface area contributed by atoms with Crippen LogP contribution in [0, 0.1) is 0 Å². The van der Waals surface area contributed by atoms with Gasteiger partial charge in [0.15, 0.2) is 0 Å². The second-order valence-electron chi connectivity index (χ2n) is 4.58. The van der Waals surface area contributed by atoms with E-state index in [0.29, 0.717) is 17.3 Å². The van der Waals surface area contributed by atoms with Crippen molar-refractivity contribution < 1.29 is 9.84 Å². The van der Waals surface area contributed by atoms with E-state index < -0.39 is 6.10 Å². The molecule has 1 aromatic carbocycles. The summed E-state index contributed by atoms with van der Waals surface area (Å²) in [7, 11) is 0. The van der Waals surface area contributed by atoms with Gasteiger partial charge in [-0.2, -0.15) is 0 Å². The van der Waals surface area contributed by atoms with E-state index in [0.717, 1.165) is 17.3 Å². The van der Waals surface area contributed by atoms with E-state index in [-0.39, 0.29) is 6.61 Å². The summed E-state index contributed by atoms with van der Waals surface area (Å²) in [5, 5.41) is 13.7. The second-order valence-corrected chi connectivity index (χ2v) is 6.82. The highest BCUT2D eigenvalue weighted by Gasteiger charge is 2.05. The minimum absolute atomic E-state index is 0.234. The highest BCUT2D eigenvalue weighted by molar-refractivity contribution is 7.16. The van der Waals surface area contributed by atoms with Gasteiger partial charge in [-0.3, -0.25) is 0 Å². The van der Waals surface area contributed by atoms with Crippen LogP contribution in [0.4, 0.5) is 0 Å². The second kappa shape index (κ2) is 8.61. The van der Waals surface area contributed by atoms with Gasteiger partial charge in [0, 0.05) is 23.0 Å². The lowest BCUT2D eigenvalue weighted by Crippen LogP contribution is -2.32. The zero-order valence-corrected chi connectivity index (χ0v) is 13.7. The molecule has 0 aliphatic heterocycles. The predicted molar refractivity (Wildman–Crippen MR) is 88.9 cm³/mol. The topological polar surface area (TPSA) is 41.5 Å². The van der Waals surface area contributed by atoms with Crippen molar-refractivity contribution in [3.8, 4) is 5.75 Å². The normalized spacial score (nSPS) is 12.3. The summed E-state index contributed by atoms with van der Waals surface area (Å²) >= 11 is 13.3. The highest BCUT2D eigenvalue weighted by atomic mass is 35.5. The minimum atomic E-state index is -0.559. The number of thiophene rings is 1. The van der Waals surface area contributed by atoms with Gasteiger partial charge in [0.05, 0.1) is 4.34 Å². The summed E-state index contributed by atoms with van der Waals surface area (Å²) in [4.78, 5) is 1.23. The summed E-state index contributed by atoms with van der Waals surface area (Å²) in [5.74, 6) is 0.662. The van der Waals surface area contributed by atoms with Crippen LogP contribution < -0.4 is 10.1 Å². The smallest absolute Gasteiger partial charge is 0.120 e. The lowest BCUT2D eigenvalue weighted by molar-refractivity contribution is 0.106. The standard InChI is InChI=1S/C15H17Cl2NO2S/c16-11-2-1-3-13(8-11)20-10-12(19)9-18-7-6-14-4-5-15(17)21-14/h1-5,8,12,18-19H,6-7,9-10H2. The first kappa shape index (κ1) is 16.6. The molecule has 1 aromatic heterocycles. The van der Waals surface area contributed by atoms with Crippen LogP contribution in [0.2, 0.25) is 9.36 Å². The van der Waals surface area contributed by atoms with Crippen molar-refractivity contribution >= 4 is 34.5 Å². The van der Waals surface area contributed by atoms with Crippen LogP contribution in [0.3, 0.4) is 0 Å². The van der Waals surface area contributed by atoms with E-state index >= 15 is 0 Å². The van der Waals surface area contributed by atoms with Crippen LogP contribution >= 0.6 is 34.5 Å². The van der Waals surface area contributed by atoms with Crippen LogP contribution in [-0.4, -0.2) is 30.9 Å². The van der Waals surface area contributed by atoms with Crippen LogP contribution in [-0.2, 0) is 6.42 Å². The molecule has 0 amide bonds. The molecule has 114 valence electrons. The Morgan fingerprint density at radius 3 is 2.81 bits per heavy atom. The third-order valence-electron chi connectivity index (χ3n) is 2.80. The summed E-state index contributed by atoms with van der Waals surface area (Å²) in [5.41, 5.74) is 0. The summed E-state index contributed by atoms with van der Waals surface area (Å²) in [6.07, 6.45) is 0.343. The van der Waals surface area contributed by atoms with Crippen molar-refractivity contribution in [1.29, 1.82) is 0 Å². The molecule has 0 saturated carbocycles. The fourth-order valence-corrected chi connectivity index (χ4v) is 3.04. The summed E-state index contributed by atoms with van der Waals surface area (Å²) in [6, 6.07) is 11.1. The fourth-order valence-electron chi connectivity index (χ4n) is 1.77. The number of nitrogens with one attached hydrogen (secondary N) is 1. The first-order valence-corrected chi connectivity index (χ1v) is 8.22. The van der Waals surface area contributed by atoms with Gasteiger partial charge in [-0.1, -0.05) is 29.3 Å². The Kier molecular flexibility index (Phi) is 6.80. The van der Waals surface area contributed by atoms with E-state index in [1.807, 2.05) is 24.3 Å². The van der Waals surface area contributed by atoms with Crippen molar-refractivity contribution in [2.24, 2.45) is 0 Å². The van der Waals surface area contributed by atoms with Crippen molar-refractivity contribution in [3.05, 3.63) is 50.6 Å². The average Bonchev–Trinajstić information content (AvgIpc) is 2.87. The molecule has 0 radical (unpaired) electrons. The molecular formula is C15H17Cl2NO2S. The lowest BCUT2D eigenvalue weighted by atomic mass is 10.3. The number of benzene rings is 1. The van der Waals surface area contributed by atoms with Crippen LogP contribution in [0.15, 0.2) is 36.4 Å². The van der Waals surface area contributed by atoms with Gasteiger partial charge in [-0.15, -0.1) is 11.3 Å². The molecule has 2 aromatic rings. The average molecular weight is 346 g/mol. The van der Waals surface area contributed by atoms with Crippen LogP contribution in [0.1, 0.15) is 4.88 Å². The Bertz CT molecular complexity index is 562. The molecule has 2 rings (SSSR count). The number of aliphatic hydroxyl groups is 1. The molecular weight excluding hydrogens is 329 g/mol. The zero-order valence-electron chi connectivity index (χ0n) is 11.4. The molecule has 3 nitrogen and oxygen atoms in total. The molecule has 0 aliphatic rings. The Labute approximate surface area is 138 Å². The minimum Gasteiger partial charge on any atom is -0.491 e. The van der Waals surface area contributed by atoms with Gasteiger partial charge in [-0.25, -0.2) is 0 Å². The molecule has 1 atom stereocenters. The van der Waals surface area contributed by atoms with Crippen molar-refractivity contribution in [2.45, 2.75) is 12.5 Å². The third kappa shape index (κ3) is 6.24. The van der Waals surface area contributed by atoms with E-state index in [9.17, 15) is 5.11 Å². The maximum Gasteiger partial charge on any atom is 0.120 e. The number of hydrogen-bond acceptors (Lipinski definition) is 4. The molecule has 0 bridgehead atoms. The van der Waals surface area contributed by atoms with Gasteiger partial charge >= 0.3 is 0 Å². The molecule has 21 heavy (non-hydrogen) atoms. The Hall–Kier alpha value is -0.780. The molecule has 1 unspecified atom stereocenters. The quantitative estimate of drug-likeness (QED) is 0.718. The van der Waals surface area contributed by atoms with E-state index in [4.69, 9.17) is 27.9 Å². The van der Waals surface area contributed by atoms with Gasteiger partial charge in [0.1, 0.15) is 18.5 Å². The van der Waals surface area contributed by atoms with Crippen molar-refractivity contribution in [2.75, 3.05) is 19.7 Å². The number of rotatable bonds is 8. The number of halogens is 2. The first-order chi connectivity index (χ1) is 10.1. The number of ether oxygens (including phenoxy) is 1. The van der Waals surface area contributed by atoms with Gasteiger partial charge in [0.25, 0.3) is 0 Å². The SMILES string of the molecule is OC(CNCCc1ccc(Cl)s1)COc1cccc(Cl)c1. The fraction of sp³-hybridized carbons (Fsp3) is 0.333. The third-order valence-corrected chi connectivity index (χ3v) is 4.32. The summed E-state index contributed by atoms with van der Waals surface area (Å²) < 4.78 is 6.28. The first-order valence-electron chi connectivity index (χ1n) is 6.65. The molecule has 0 saturated heterocycles. The van der Waals surface area contributed by atoms with Gasteiger partial charge < -0.3 is 15.2 Å². The summed E-state index contributed by atoms with van der Waals surface area (Å²) in [6.45, 7) is 1.52. The molecule has 1 heterocycles. The predicted octanol–water partition coefficient (Wildman–Crippen LogP) is 3.63.